The number of carbonyl (C=O) groups is 3. The number of rotatable bonds is 5. The molecule has 2 amide bonds. The van der Waals surface area contributed by atoms with Gasteiger partial charge in [0.15, 0.2) is 0 Å². The van der Waals surface area contributed by atoms with Gasteiger partial charge in [0.2, 0.25) is 0 Å². The summed E-state index contributed by atoms with van der Waals surface area (Å²) in [5.41, 5.74) is 2.82. The Hall–Kier alpha value is -3.77. The lowest BCUT2D eigenvalue weighted by Crippen LogP contribution is -2.32. The van der Waals surface area contributed by atoms with Crippen LogP contribution >= 0.6 is 0 Å². The van der Waals surface area contributed by atoms with Gasteiger partial charge >= 0.3 is 5.97 Å². The highest BCUT2D eigenvalue weighted by molar-refractivity contribution is 6.02. The first kappa shape index (κ1) is 21.5. The number of hydrogen-bond donors (Lipinski definition) is 1. The molecule has 1 heterocycles. The second-order valence-corrected chi connectivity index (χ2v) is 7.98. The first-order valence-electron chi connectivity index (χ1n) is 10.3. The van der Waals surface area contributed by atoms with Crippen LogP contribution in [0.5, 0.6) is 0 Å². The van der Waals surface area contributed by atoms with E-state index in [1.54, 1.807) is 12.1 Å². The van der Waals surface area contributed by atoms with Crippen LogP contribution < -0.4 is 0 Å². The van der Waals surface area contributed by atoms with E-state index in [4.69, 9.17) is 4.84 Å². The fourth-order valence-corrected chi connectivity index (χ4v) is 3.73. The summed E-state index contributed by atoms with van der Waals surface area (Å²) in [5, 5.41) is 12.4. The molecule has 3 aromatic carbocycles. The second-order valence-electron chi connectivity index (χ2n) is 7.98. The molecule has 32 heavy (non-hydrogen) atoms. The maximum absolute atomic E-state index is 12.4. The van der Waals surface area contributed by atoms with Crippen molar-refractivity contribution in [2.75, 3.05) is 0 Å². The van der Waals surface area contributed by atoms with Crippen molar-refractivity contribution in [3.8, 4) is 0 Å². The molecule has 4 rings (SSSR count). The molecule has 0 aliphatic carbocycles. The molecule has 0 saturated carbocycles. The Morgan fingerprint density at radius 2 is 1.12 bits per heavy atom. The molecule has 6 nitrogen and oxygen atoms in total. The van der Waals surface area contributed by atoms with Crippen LogP contribution in [0.15, 0.2) is 72.8 Å². The summed E-state index contributed by atoms with van der Waals surface area (Å²) in [6.45, 7) is 3.95. The smallest absolute Gasteiger partial charge is 0.363 e. The van der Waals surface area contributed by atoms with Crippen LogP contribution in [0.4, 0.5) is 0 Å². The van der Waals surface area contributed by atoms with Crippen molar-refractivity contribution in [3.63, 3.8) is 0 Å². The van der Waals surface area contributed by atoms with Crippen molar-refractivity contribution in [3.05, 3.63) is 106 Å². The fourth-order valence-electron chi connectivity index (χ4n) is 3.73. The molecular formula is C26H23NO5. The van der Waals surface area contributed by atoms with Gasteiger partial charge in [-0.25, -0.2) is 4.79 Å². The maximum Gasteiger partial charge on any atom is 0.363 e. The van der Waals surface area contributed by atoms with Crippen molar-refractivity contribution in [2.24, 2.45) is 0 Å². The van der Waals surface area contributed by atoms with Crippen LogP contribution in [0.2, 0.25) is 0 Å². The van der Waals surface area contributed by atoms with Crippen molar-refractivity contribution in [1.29, 1.82) is 0 Å². The lowest BCUT2D eigenvalue weighted by molar-refractivity contribution is -0.172. The Balaban J connectivity index is 1.68. The van der Waals surface area contributed by atoms with Crippen molar-refractivity contribution in [1.82, 2.24) is 5.06 Å². The third-order valence-electron chi connectivity index (χ3n) is 5.66. The number of carbonyl (C=O) groups excluding carboxylic acids is 3. The summed E-state index contributed by atoms with van der Waals surface area (Å²) in [7, 11) is 0. The summed E-state index contributed by atoms with van der Waals surface area (Å²) < 4.78 is 0. The van der Waals surface area contributed by atoms with E-state index in [1.807, 2.05) is 62.4 Å². The first-order chi connectivity index (χ1) is 15.3. The quantitative estimate of drug-likeness (QED) is 0.493. The van der Waals surface area contributed by atoms with E-state index in [1.165, 1.54) is 12.1 Å². The molecule has 1 N–H and O–H groups in total. The number of aryl methyl sites for hydroxylation is 2. The molecule has 1 fully saturated rings. The predicted octanol–water partition coefficient (Wildman–Crippen LogP) is 3.81. The molecule has 3 aromatic rings. The normalized spacial score (nSPS) is 14.0. The third-order valence-corrected chi connectivity index (χ3v) is 5.66. The number of amides is 2. The number of imide groups is 1. The molecule has 0 radical (unpaired) electrons. The van der Waals surface area contributed by atoms with E-state index in [2.05, 4.69) is 0 Å². The molecule has 1 saturated heterocycles. The highest BCUT2D eigenvalue weighted by Crippen LogP contribution is 2.37. The summed E-state index contributed by atoms with van der Waals surface area (Å²) in [4.78, 5) is 40.8. The number of benzene rings is 3. The van der Waals surface area contributed by atoms with Crippen LogP contribution in [0.3, 0.4) is 0 Å². The number of hydroxylamine groups is 2. The van der Waals surface area contributed by atoms with E-state index in [0.717, 1.165) is 11.1 Å². The van der Waals surface area contributed by atoms with E-state index in [0.29, 0.717) is 21.8 Å². The average Bonchev–Trinajstić information content (AvgIpc) is 3.11. The largest absolute Gasteiger partial charge is 0.376 e. The van der Waals surface area contributed by atoms with Crippen molar-refractivity contribution in [2.45, 2.75) is 32.3 Å². The molecule has 6 heteroatoms. The predicted molar refractivity (Wildman–Crippen MR) is 117 cm³/mol. The number of aliphatic hydroxyl groups is 1. The summed E-state index contributed by atoms with van der Waals surface area (Å²) >= 11 is 0. The maximum atomic E-state index is 12.4. The van der Waals surface area contributed by atoms with Gasteiger partial charge in [0.1, 0.15) is 5.60 Å². The van der Waals surface area contributed by atoms with Gasteiger partial charge in [0, 0.05) is 12.8 Å². The summed E-state index contributed by atoms with van der Waals surface area (Å²) in [6, 6.07) is 21.6. The topological polar surface area (TPSA) is 83.9 Å². The van der Waals surface area contributed by atoms with Gasteiger partial charge in [0.05, 0.1) is 5.56 Å². The third kappa shape index (κ3) is 3.92. The van der Waals surface area contributed by atoms with Gasteiger partial charge in [-0.15, -0.1) is 5.06 Å². The zero-order chi connectivity index (χ0) is 22.9. The average molecular weight is 429 g/mol. The van der Waals surface area contributed by atoms with Crippen molar-refractivity contribution < 1.29 is 24.3 Å². The standard InChI is InChI=1S/C26H23NO5/c1-17-3-9-20(10-4-17)26(31,21-11-5-18(2)6-12-21)22-13-7-19(8-14-22)25(30)32-27-23(28)15-16-24(27)29/h3-14,31H,15-16H2,1-2H3. The molecule has 1 aliphatic heterocycles. The summed E-state index contributed by atoms with van der Waals surface area (Å²) in [5.74, 6) is -1.88. The van der Waals surface area contributed by atoms with Crippen LogP contribution in [0.25, 0.3) is 0 Å². The van der Waals surface area contributed by atoms with E-state index in [-0.39, 0.29) is 18.4 Å². The van der Waals surface area contributed by atoms with Crippen LogP contribution in [0, 0.1) is 13.8 Å². The molecule has 162 valence electrons. The molecule has 0 spiro atoms. The van der Waals surface area contributed by atoms with Gasteiger partial charge in [-0.3, -0.25) is 9.59 Å². The Bertz CT molecular complexity index is 1100. The zero-order valence-electron chi connectivity index (χ0n) is 17.9. The van der Waals surface area contributed by atoms with Gasteiger partial charge in [-0.05, 0) is 42.7 Å². The Kier molecular flexibility index (Phi) is 5.63. The Labute approximate surface area is 186 Å². The Morgan fingerprint density at radius 1 is 0.750 bits per heavy atom. The van der Waals surface area contributed by atoms with Gasteiger partial charge < -0.3 is 9.94 Å². The highest BCUT2D eigenvalue weighted by Gasteiger charge is 2.35. The minimum atomic E-state index is -1.44. The Morgan fingerprint density at radius 3 is 1.53 bits per heavy atom. The highest BCUT2D eigenvalue weighted by atomic mass is 16.7. The van der Waals surface area contributed by atoms with Crippen LogP contribution in [0.1, 0.15) is 51.0 Å². The minimum absolute atomic E-state index is 0.0329. The second kappa shape index (κ2) is 8.40. The monoisotopic (exact) mass is 429 g/mol. The first-order valence-corrected chi connectivity index (χ1v) is 10.3. The van der Waals surface area contributed by atoms with Crippen molar-refractivity contribution >= 4 is 17.8 Å². The van der Waals surface area contributed by atoms with Gasteiger partial charge in [-0.1, -0.05) is 71.8 Å². The molecule has 0 unspecified atom stereocenters. The molecule has 1 aliphatic rings. The molecular weight excluding hydrogens is 406 g/mol. The van der Waals surface area contributed by atoms with Crippen LogP contribution in [-0.4, -0.2) is 28.0 Å². The fraction of sp³-hybridized carbons (Fsp3) is 0.192. The van der Waals surface area contributed by atoms with E-state index < -0.39 is 23.4 Å². The zero-order valence-corrected chi connectivity index (χ0v) is 17.9. The summed E-state index contributed by atoms with van der Waals surface area (Å²) in [6.07, 6.45) is 0.0658. The lowest BCUT2D eigenvalue weighted by atomic mass is 9.80. The van der Waals surface area contributed by atoms with Crippen LogP contribution in [-0.2, 0) is 20.0 Å². The number of hydrogen-bond acceptors (Lipinski definition) is 5. The molecule has 0 aromatic heterocycles. The van der Waals surface area contributed by atoms with Gasteiger partial charge in [-0.2, -0.15) is 0 Å². The molecule has 0 atom stereocenters. The van der Waals surface area contributed by atoms with E-state index in [9.17, 15) is 19.5 Å². The lowest BCUT2D eigenvalue weighted by Gasteiger charge is -2.30. The number of nitrogens with zero attached hydrogens (tertiary/aromatic N) is 1. The molecule has 0 bridgehead atoms. The van der Waals surface area contributed by atoms with Gasteiger partial charge in [0.25, 0.3) is 11.8 Å². The SMILES string of the molecule is Cc1ccc(C(O)(c2ccc(C)cc2)c2ccc(C(=O)ON3C(=O)CCC3=O)cc2)cc1. The van der Waals surface area contributed by atoms with E-state index >= 15 is 0 Å². The minimum Gasteiger partial charge on any atom is -0.376 e.